The van der Waals surface area contributed by atoms with Crippen LogP contribution in [0.3, 0.4) is 0 Å². The molecule has 1 aliphatic rings. The monoisotopic (exact) mass is 213 g/mol. The lowest BCUT2D eigenvalue weighted by Gasteiger charge is -2.32. The fraction of sp³-hybridized carbons (Fsp3) is 1.00. The molecule has 15 heavy (non-hydrogen) atoms. The van der Waals surface area contributed by atoms with Crippen LogP contribution in [0.5, 0.6) is 0 Å². The summed E-state index contributed by atoms with van der Waals surface area (Å²) in [4.78, 5) is 0. The lowest BCUT2D eigenvalue weighted by molar-refractivity contribution is 0.124. The van der Waals surface area contributed by atoms with E-state index in [-0.39, 0.29) is 0 Å². The van der Waals surface area contributed by atoms with Crippen LogP contribution in [0.15, 0.2) is 0 Å². The summed E-state index contributed by atoms with van der Waals surface area (Å²) < 4.78 is 5.59. The third kappa shape index (κ3) is 4.52. The van der Waals surface area contributed by atoms with Gasteiger partial charge in [0, 0.05) is 13.2 Å². The van der Waals surface area contributed by atoms with E-state index in [1.807, 2.05) is 0 Å². The molecule has 0 amide bonds. The molecule has 90 valence electrons. The van der Waals surface area contributed by atoms with Gasteiger partial charge in [0.1, 0.15) is 0 Å². The van der Waals surface area contributed by atoms with E-state index in [0.717, 1.165) is 19.8 Å². The number of ether oxygens (including phenoxy) is 1. The number of nitrogens with one attached hydrogen (secondary N) is 1. The minimum absolute atomic E-state index is 0.579. The van der Waals surface area contributed by atoms with Gasteiger partial charge >= 0.3 is 0 Å². The van der Waals surface area contributed by atoms with Gasteiger partial charge in [-0.2, -0.15) is 0 Å². The van der Waals surface area contributed by atoms with E-state index in [0.29, 0.717) is 5.41 Å². The SMILES string of the molecule is CCCCC1(CCNC)CCCOCC1. The van der Waals surface area contributed by atoms with Gasteiger partial charge in [-0.3, -0.25) is 0 Å². The Balaban J connectivity index is 2.47. The van der Waals surface area contributed by atoms with Crippen molar-refractivity contribution in [2.75, 3.05) is 26.8 Å². The molecule has 0 bridgehead atoms. The van der Waals surface area contributed by atoms with Gasteiger partial charge in [0.05, 0.1) is 0 Å². The van der Waals surface area contributed by atoms with Crippen molar-refractivity contribution in [2.45, 2.75) is 51.9 Å². The van der Waals surface area contributed by atoms with Gasteiger partial charge in [-0.25, -0.2) is 0 Å². The maximum Gasteiger partial charge on any atom is 0.0471 e. The normalized spacial score (nSPS) is 27.6. The molecule has 1 unspecified atom stereocenters. The molecule has 0 aromatic heterocycles. The molecule has 0 spiro atoms. The van der Waals surface area contributed by atoms with Gasteiger partial charge in [-0.15, -0.1) is 0 Å². The number of unbranched alkanes of at least 4 members (excludes halogenated alkanes) is 1. The molecule has 1 rings (SSSR count). The zero-order valence-electron chi connectivity index (χ0n) is 10.5. The molecular formula is C13H27NO. The molecule has 0 aliphatic carbocycles. The van der Waals surface area contributed by atoms with Crippen molar-refractivity contribution in [3.63, 3.8) is 0 Å². The Kier molecular flexibility index (Phi) is 6.26. The van der Waals surface area contributed by atoms with E-state index in [4.69, 9.17) is 4.74 Å². The van der Waals surface area contributed by atoms with Gasteiger partial charge < -0.3 is 10.1 Å². The van der Waals surface area contributed by atoms with Gasteiger partial charge in [0.2, 0.25) is 0 Å². The lowest BCUT2D eigenvalue weighted by Crippen LogP contribution is -2.26. The molecule has 1 heterocycles. The molecule has 1 N–H and O–H groups in total. The first-order chi connectivity index (χ1) is 7.33. The quantitative estimate of drug-likeness (QED) is 0.732. The van der Waals surface area contributed by atoms with Gasteiger partial charge in [-0.1, -0.05) is 19.8 Å². The van der Waals surface area contributed by atoms with Crippen molar-refractivity contribution < 1.29 is 4.74 Å². The van der Waals surface area contributed by atoms with Crippen LogP contribution >= 0.6 is 0 Å². The van der Waals surface area contributed by atoms with E-state index in [2.05, 4.69) is 19.3 Å². The van der Waals surface area contributed by atoms with Crippen LogP contribution in [0, 0.1) is 5.41 Å². The molecule has 1 aliphatic heterocycles. The second-order valence-corrected chi connectivity index (χ2v) is 4.92. The molecule has 2 nitrogen and oxygen atoms in total. The lowest BCUT2D eigenvalue weighted by atomic mass is 9.74. The van der Waals surface area contributed by atoms with Gasteiger partial charge in [0.15, 0.2) is 0 Å². The first-order valence-electron chi connectivity index (χ1n) is 6.55. The number of hydrogen-bond donors (Lipinski definition) is 1. The van der Waals surface area contributed by atoms with E-state index in [1.165, 1.54) is 44.9 Å². The van der Waals surface area contributed by atoms with Crippen LogP contribution in [0.25, 0.3) is 0 Å². The summed E-state index contributed by atoms with van der Waals surface area (Å²) in [7, 11) is 2.06. The molecule has 2 heteroatoms. The molecule has 1 fully saturated rings. The van der Waals surface area contributed by atoms with Crippen LogP contribution in [-0.2, 0) is 4.74 Å². The van der Waals surface area contributed by atoms with Crippen molar-refractivity contribution in [3.05, 3.63) is 0 Å². The maximum absolute atomic E-state index is 5.59. The summed E-state index contributed by atoms with van der Waals surface area (Å²) in [6.45, 7) is 5.41. The van der Waals surface area contributed by atoms with Crippen molar-refractivity contribution >= 4 is 0 Å². The molecular weight excluding hydrogens is 186 g/mol. The average Bonchev–Trinajstić information content (AvgIpc) is 2.50. The fourth-order valence-corrected chi connectivity index (χ4v) is 2.63. The molecule has 1 saturated heterocycles. The fourth-order valence-electron chi connectivity index (χ4n) is 2.63. The minimum Gasteiger partial charge on any atom is -0.381 e. The van der Waals surface area contributed by atoms with E-state index >= 15 is 0 Å². The number of rotatable bonds is 6. The summed E-state index contributed by atoms with van der Waals surface area (Å²) in [6, 6.07) is 0. The molecule has 0 saturated carbocycles. The van der Waals surface area contributed by atoms with E-state index < -0.39 is 0 Å². The zero-order valence-corrected chi connectivity index (χ0v) is 10.5. The van der Waals surface area contributed by atoms with Crippen LogP contribution in [0.2, 0.25) is 0 Å². The first-order valence-corrected chi connectivity index (χ1v) is 6.55. The van der Waals surface area contributed by atoms with E-state index in [1.54, 1.807) is 0 Å². The Morgan fingerprint density at radius 2 is 2.07 bits per heavy atom. The van der Waals surface area contributed by atoms with Crippen LogP contribution in [0.1, 0.15) is 51.9 Å². The third-order valence-electron chi connectivity index (χ3n) is 3.74. The molecule has 0 radical (unpaired) electrons. The largest absolute Gasteiger partial charge is 0.381 e. The second-order valence-electron chi connectivity index (χ2n) is 4.92. The van der Waals surface area contributed by atoms with Crippen LogP contribution in [0.4, 0.5) is 0 Å². The highest BCUT2D eigenvalue weighted by Gasteiger charge is 2.29. The van der Waals surface area contributed by atoms with Crippen molar-refractivity contribution in [1.82, 2.24) is 5.32 Å². The highest BCUT2D eigenvalue weighted by atomic mass is 16.5. The highest BCUT2D eigenvalue weighted by molar-refractivity contribution is 4.81. The van der Waals surface area contributed by atoms with Crippen molar-refractivity contribution in [2.24, 2.45) is 5.41 Å². The topological polar surface area (TPSA) is 21.3 Å². The van der Waals surface area contributed by atoms with Crippen molar-refractivity contribution in [3.8, 4) is 0 Å². The summed E-state index contributed by atoms with van der Waals surface area (Å²) >= 11 is 0. The smallest absolute Gasteiger partial charge is 0.0471 e. The predicted octanol–water partition coefficient (Wildman–Crippen LogP) is 2.97. The average molecular weight is 213 g/mol. The first kappa shape index (κ1) is 13.0. The Hall–Kier alpha value is -0.0800. The highest BCUT2D eigenvalue weighted by Crippen LogP contribution is 2.39. The van der Waals surface area contributed by atoms with Gasteiger partial charge in [0.25, 0.3) is 0 Å². The van der Waals surface area contributed by atoms with Crippen LogP contribution < -0.4 is 5.32 Å². The van der Waals surface area contributed by atoms with Crippen molar-refractivity contribution in [1.29, 1.82) is 0 Å². The zero-order chi connectivity index (χ0) is 11.0. The summed E-state index contributed by atoms with van der Waals surface area (Å²) in [5, 5.41) is 3.30. The Bertz CT molecular complexity index is 141. The van der Waals surface area contributed by atoms with E-state index in [9.17, 15) is 0 Å². The Morgan fingerprint density at radius 3 is 2.80 bits per heavy atom. The second kappa shape index (κ2) is 7.24. The molecule has 0 aromatic rings. The Morgan fingerprint density at radius 1 is 1.20 bits per heavy atom. The standard InChI is InChI=1S/C13H27NO/c1-3-4-6-13(8-10-14-2)7-5-11-15-12-9-13/h14H,3-12H2,1-2H3. The summed E-state index contributed by atoms with van der Waals surface area (Å²) in [6.07, 6.45) is 9.32. The minimum atomic E-state index is 0.579. The predicted molar refractivity (Wildman–Crippen MR) is 65.2 cm³/mol. The summed E-state index contributed by atoms with van der Waals surface area (Å²) in [5.41, 5.74) is 0.579. The summed E-state index contributed by atoms with van der Waals surface area (Å²) in [5.74, 6) is 0. The molecule has 1 atom stereocenters. The molecule has 0 aromatic carbocycles. The Labute approximate surface area is 94.8 Å². The third-order valence-corrected chi connectivity index (χ3v) is 3.74. The van der Waals surface area contributed by atoms with Crippen LogP contribution in [-0.4, -0.2) is 26.8 Å². The maximum atomic E-state index is 5.59. The van der Waals surface area contributed by atoms with Gasteiger partial charge in [-0.05, 0) is 51.1 Å². The number of hydrogen-bond acceptors (Lipinski definition) is 2.